The molecule has 2 heterocycles. The zero-order chi connectivity index (χ0) is 16.2. The number of ether oxygens (including phenoxy) is 1. The number of hydrogen-bond acceptors (Lipinski definition) is 5. The van der Waals surface area contributed by atoms with Crippen LogP contribution in [0.2, 0.25) is 0 Å². The molecule has 1 amide bonds. The molecule has 0 aliphatic carbocycles. The van der Waals surface area contributed by atoms with Crippen molar-refractivity contribution in [3.8, 4) is 0 Å². The van der Waals surface area contributed by atoms with Crippen molar-refractivity contribution < 1.29 is 14.1 Å². The van der Waals surface area contributed by atoms with E-state index in [1.54, 1.807) is 0 Å². The highest BCUT2D eigenvalue weighted by molar-refractivity contribution is 5.79. The highest BCUT2D eigenvalue weighted by atomic mass is 16.5. The van der Waals surface area contributed by atoms with Crippen LogP contribution in [0.4, 0.5) is 0 Å². The molecular formula is C17H21N3O3. The highest BCUT2D eigenvalue weighted by Gasteiger charge is 2.34. The second-order valence-corrected chi connectivity index (χ2v) is 5.75. The van der Waals surface area contributed by atoms with Gasteiger partial charge in [0.05, 0.1) is 0 Å². The Morgan fingerprint density at radius 1 is 1.39 bits per heavy atom. The molecule has 23 heavy (non-hydrogen) atoms. The monoisotopic (exact) mass is 315 g/mol. The molecule has 0 bridgehead atoms. The molecule has 0 spiro atoms. The molecule has 0 radical (unpaired) electrons. The Morgan fingerprint density at radius 2 is 2.17 bits per heavy atom. The first-order chi connectivity index (χ1) is 11.2. The lowest BCUT2D eigenvalue weighted by atomic mass is 10.1. The van der Waals surface area contributed by atoms with Gasteiger partial charge >= 0.3 is 0 Å². The zero-order valence-corrected chi connectivity index (χ0v) is 13.4. The summed E-state index contributed by atoms with van der Waals surface area (Å²) in [5.41, 5.74) is 1.13. The second-order valence-electron chi connectivity index (χ2n) is 5.75. The van der Waals surface area contributed by atoms with E-state index in [0.29, 0.717) is 37.8 Å². The fraction of sp³-hybridized carbons (Fsp3) is 0.471. The van der Waals surface area contributed by atoms with E-state index in [1.165, 1.54) is 0 Å². The van der Waals surface area contributed by atoms with Crippen molar-refractivity contribution in [2.24, 2.45) is 0 Å². The molecule has 0 saturated carbocycles. The molecule has 1 aromatic heterocycles. The summed E-state index contributed by atoms with van der Waals surface area (Å²) in [6.07, 6.45) is 0.202. The van der Waals surface area contributed by atoms with Crippen molar-refractivity contribution in [2.75, 3.05) is 13.2 Å². The SMILES string of the molecule is CCO[C@@H](C)c1nc([C@@H]2CC(=O)N(Cc3ccccc3)C2)no1. The molecule has 6 nitrogen and oxygen atoms in total. The van der Waals surface area contributed by atoms with Gasteiger partial charge in [-0.2, -0.15) is 4.98 Å². The van der Waals surface area contributed by atoms with Gasteiger partial charge in [0, 0.05) is 32.0 Å². The maximum absolute atomic E-state index is 12.2. The fourth-order valence-electron chi connectivity index (χ4n) is 2.80. The number of benzene rings is 1. The maximum Gasteiger partial charge on any atom is 0.255 e. The van der Waals surface area contributed by atoms with Crippen LogP contribution < -0.4 is 0 Å². The molecule has 122 valence electrons. The molecule has 1 saturated heterocycles. The lowest BCUT2D eigenvalue weighted by Gasteiger charge is -2.15. The summed E-state index contributed by atoms with van der Waals surface area (Å²) in [6, 6.07) is 9.98. The summed E-state index contributed by atoms with van der Waals surface area (Å²) in [4.78, 5) is 18.5. The topological polar surface area (TPSA) is 68.5 Å². The van der Waals surface area contributed by atoms with E-state index in [2.05, 4.69) is 10.1 Å². The van der Waals surface area contributed by atoms with Crippen LogP contribution >= 0.6 is 0 Å². The first-order valence-electron chi connectivity index (χ1n) is 7.94. The lowest BCUT2D eigenvalue weighted by Crippen LogP contribution is -2.24. The molecule has 1 fully saturated rings. The summed E-state index contributed by atoms with van der Waals surface area (Å²) >= 11 is 0. The van der Waals surface area contributed by atoms with Crippen LogP contribution in [0.5, 0.6) is 0 Å². The van der Waals surface area contributed by atoms with Crippen molar-refractivity contribution in [1.82, 2.24) is 15.0 Å². The van der Waals surface area contributed by atoms with E-state index >= 15 is 0 Å². The number of aromatic nitrogens is 2. The van der Waals surface area contributed by atoms with Crippen LogP contribution in [-0.2, 0) is 16.1 Å². The number of rotatable bonds is 6. The molecule has 1 aliphatic rings. The van der Waals surface area contributed by atoms with Crippen LogP contribution in [0, 0.1) is 0 Å². The molecule has 2 atom stereocenters. The van der Waals surface area contributed by atoms with Crippen LogP contribution in [0.25, 0.3) is 0 Å². The van der Waals surface area contributed by atoms with Crippen molar-refractivity contribution in [1.29, 1.82) is 0 Å². The van der Waals surface area contributed by atoms with Gasteiger partial charge in [-0.05, 0) is 19.4 Å². The van der Waals surface area contributed by atoms with Crippen molar-refractivity contribution in [2.45, 2.75) is 38.8 Å². The average molecular weight is 315 g/mol. The Morgan fingerprint density at radius 3 is 2.91 bits per heavy atom. The minimum atomic E-state index is -0.223. The standard InChI is InChI=1S/C17H21N3O3/c1-3-22-12(2)17-18-16(19-23-17)14-9-15(21)20(11-14)10-13-7-5-4-6-8-13/h4-8,12,14H,3,9-11H2,1-2H3/t12-,14+/m0/s1. The van der Waals surface area contributed by atoms with Crippen LogP contribution in [0.3, 0.4) is 0 Å². The van der Waals surface area contributed by atoms with Crippen LogP contribution in [0.15, 0.2) is 34.9 Å². The van der Waals surface area contributed by atoms with Gasteiger partial charge in [0.2, 0.25) is 5.91 Å². The third-order valence-electron chi connectivity index (χ3n) is 4.02. The minimum absolute atomic E-state index is 0.0162. The van der Waals surface area contributed by atoms with Crippen molar-refractivity contribution in [3.63, 3.8) is 0 Å². The van der Waals surface area contributed by atoms with Gasteiger partial charge < -0.3 is 14.2 Å². The van der Waals surface area contributed by atoms with E-state index < -0.39 is 0 Å². The first-order valence-corrected chi connectivity index (χ1v) is 7.94. The molecule has 3 rings (SSSR count). The Balaban J connectivity index is 1.65. The van der Waals surface area contributed by atoms with Crippen LogP contribution in [0.1, 0.15) is 49.6 Å². The van der Waals surface area contributed by atoms with Crippen LogP contribution in [-0.4, -0.2) is 34.1 Å². The number of amides is 1. The van der Waals surface area contributed by atoms with Gasteiger partial charge in [0.15, 0.2) is 5.82 Å². The van der Waals surface area contributed by atoms with E-state index in [0.717, 1.165) is 5.56 Å². The highest BCUT2D eigenvalue weighted by Crippen LogP contribution is 2.28. The zero-order valence-electron chi connectivity index (χ0n) is 13.4. The Kier molecular flexibility index (Phi) is 4.71. The van der Waals surface area contributed by atoms with Gasteiger partial charge in [-0.15, -0.1) is 0 Å². The Hall–Kier alpha value is -2.21. The summed E-state index contributed by atoms with van der Waals surface area (Å²) in [5.74, 6) is 1.17. The summed E-state index contributed by atoms with van der Waals surface area (Å²) in [7, 11) is 0. The molecule has 0 N–H and O–H groups in total. The molecule has 1 aromatic carbocycles. The largest absolute Gasteiger partial charge is 0.369 e. The van der Waals surface area contributed by atoms with Gasteiger partial charge in [0.25, 0.3) is 5.89 Å². The maximum atomic E-state index is 12.2. The molecule has 0 unspecified atom stereocenters. The second kappa shape index (κ2) is 6.91. The Bertz CT molecular complexity index is 656. The number of hydrogen-bond donors (Lipinski definition) is 0. The van der Waals surface area contributed by atoms with Gasteiger partial charge in [-0.1, -0.05) is 35.5 Å². The van der Waals surface area contributed by atoms with Gasteiger partial charge in [-0.3, -0.25) is 4.79 Å². The molecule has 6 heteroatoms. The van der Waals surface area contributed by atoms with E-state index in [-0.39, 0.29) is 17.9 Å². The summed E-state index contributed by atoms with van der Waals surface area (Å²) in [6.45, 7) is 5.63. The van der Waals surface area contributed by atoms with Crippen molar-refractivity contribution >= 4 is 5.91 Å². The average Bonchev–Trinajstić information content (AvgIpc) is 3.16. The lowest BCUT2D eigenvalue weighted by molar-refractivity contribution is -0.128. The summed E-state index contributed by atoms with van der Waals surface area (Å²) < 4.78 is 10.7. The summed E-state index contributed by atoms with van der Waals surface area (Å²) in [5, 5.41) is 4.03. The van der Waals surface area contributed by atoms with Gasteiger partial charge in [0.1, 0.15) is 6.10 Å². The quantitative estimate of drug-likeness (QED) is 0.820. The van der Waals surface area contributed by atoms with Gasteiger partial charge in [-0.25, -0.2) is 0 Å². The number of likely N-dealkylation sites (tertiary alicyclic amines) is 1. The smallest absolute Gasteiger partial charge is 0.255 e. The fourth-order valence-corrected chi connectivity index (χ4v) is 2.80. The van der Waals surface area contributed by atoms with Crippen molar-refractivity contribution in [3.05, 3.63) is 47.6 Å². The van der Waals surface area contributed by atoms with E-state index in [9.17, 15) is 4.79 Å². The predicted octanol–water partition coefficient (Wildman–Crippen LogP) is 2.68. The van der Waals surface area contributed by atoms with E-state index in [1.807, 2.05) is 49.1 Å². The Labute approximate surface area is 135 Å². The first kappa shape index (κ1) is 15.7. The predicted molar refractivity (Wildman–Crippen MR) is 83.6 cm³/mol. The third kappa shape index (κ3) is 3.59. The molecular weight excluding hydrogens is 294 g/mol. The number of carbonyl (C=O) groups excluding carboxylic acids is 1. The third-order valence-corrected chi connectivity index (χ3v) is 4.02. The normalized spacial score (nSPS) is 19.3. The molecule has 1 aliphatic heterocycles. The number of carbonyl (C=O) groups is 1. The minimum Gasteiger partial charge on any atom is -0.369 e. The van der Waals surface area contributed by atoms with E-state index in [4.69, 9.17) is 9.26 Å². The molecule has 2 aromatic rings. The number of nitrogens with zero attached hydrogens (tertiary/aromatic N) is 3.